The van der Waals surface area contributed by atoms with Crippen LogP contribution in [0.15, 0.2) is 24.3 Å². The summed E-state index contributed by atoms with van der Waals surface area (Å²) >= 11 is 0. The molecule has 74 valence electrons. The predicted octanol–water partition coefficient (Wildman–Crippen LogP) is 1.90. The number of hydrogen-bond acceptors (Lipinski definition) is 2. The van der Waals surface area contributed by atoms with Gasteiger partial charge in [0.2, 0.25) is 0 Å². The number of aliphatic carboxylic acids is 1. The van der Waals surface area contributed by atoms with Crippen molar-refractivity contribution in [2.75, 3.05) is 0 Å². The molecule has 0 amide bonds. The van der Waals surface area contributed by atoms with Crippen LogP contribution in [0.3, 0.4) is 0 Å². The van der Waals surface area contributed by atoms with Crippen LogP contribution in [0.4, 0.5) is 0 Å². The molecule has 0 bridgehead atoms. The first-order chi connectivity index (χ1) is 6.62. The van der Waals surface area contributed by atoms with Crippen LogP contribution >= 0.6 is 0 Å². The molecule has 0 aromatic heterocycles. The van der Waals surface area contributed by atoms with Crippen LogP contribution in [-0.2, 0) is 10.2 Å². The third kappa shape index (κ3) is 1.58. The first kappa shape index (κ1) is 9.06. The molecule has 0 aliphatic heterocycles. The fourth-order valence-electron chi connectivity index (χ4n) is 1.84. The van der Waals surface area contributed by atoms with Crippen molar-refractivity contribution in [3.63, 3.8) is 0 Å². The van der Waals surface area contributed by atoms with E-state index in [-0.39, 0.29) is 17.6 Å². The van der Waals surface area contributed by atoms with Crippen LogP contribution in [0, 0.1) is 0 Å². The fourth-order valence-corrected chi connectivity index (χ4v) is 1.84. The van der Waals surface area contributed by atoms with E-state index < -0.39 is 5.97 Å². The van der Waals surface area contributed by atoms with Gasteiger partial charge in [0.15, 0.2) is 0 Å². The Kier molecular flexibility index (Phi) is 1.95. The highest BCUT2D eigenvalue weighted by Gasteiger charge is 2.45. The summed E-state index contributed by atoms with van der Waals surface area (Å²) in [5, 5.41) is 18.0. The maximum atomic E-state index is 10.7. The molecule has 0 radical (unpaired) electrons. The molecule has 2 N–H and O–H groups in total. The topological polar surface area (TPSA) is 57.5 Å². The zero-order valence-corrected chi connectivity index (χ0v) is 7.73. The molecule has 0 saturated heterocycles. The van der Waals surface area contributed by atoms with Gasteiger partial charge in [-0.15, -0.1) is 0 Å². The quantitative estimate of drug-likeness (QED) is 0.769. The predicted molar refractivity (Wildman–Crippen MR) is 51.3 cm³/mol. The van der Waals surface area contributed by atoms with Crippen molar-refractivity contribution in [3.8, 4) is 5.75 Å². The number of benzene rings is 1. The molecule has 1 saturated carbocycles. The van der Waals surface area contributed by atoms with E-state index in [4.69, 9.17) is 5.11 Å². The Balaban J connectivity index is 2.26. The molecule has 0 heterocycles. The zero-order valence-electron chi connectivity index (χ0n) is 7.73. The standard InChI is InChI=1S/C11H12O3/c12-9-3-1-2-8(6-9)11(4-5-11)7-10(13)14/h1-3,6,12H,4-5,7H2,(H,13,14). The van der Waals surface area contributed by atoms with E-state index in [1.54, 1.807) is 18.2 Å². The van der Waals surface area contributed by atoms with Crippen molar-refractivity contribution >= 4 is 5.97 Å². The van der Waals surface area contributed by atoms with Gasteiger partial charge in [0.25, 0.3) is 0 Å². The highest BCUT2D eigenvalue weighted by molar-refractivity contribution is 5.70. The molecule has 1 aromatic rings. The Morgan fingerprint density at radius 3 is 2.64 bits per heavy atom. The summed E-state index contributed by atoms with van der Waals surface area (Å²) in [6, 6.07) is 6.90. The third-order valence-electron chi connectivity index (χ3n) is 2.80. The van der Waals surface area contributed by atoms with Crippen molar-refractivity contribution in [1.29, 1.82) is 0 Å². The number of carbonyl (C=O) groups is 1. The van der Waals surface area contributed by atoms with Gasteiger partial charge in [-0.05, 0) is 30.5 Å². The maximum absolute atomic E-state index is 10.7. The molecule has 14 heavy (non-hydrogen) atoms. The van der Waals surface area contributed by atoms with E-state index in [1.807, 2.05) is 6.07 Å². The molecule has 3 heteroatoms. The average molecular weight is 192 g/mol. The lowest BCUT2D eigenvalue weighted by atomic mass is 9.92. The second kappa shape index (κ2) is 3.01. The van der Waals surface area contributed by atoms with Gasteiger partial charge in [0.1, 0.15) is 5.75 Å². The molecule has 1 aromatic carbocycles. The van der Waals surface area contributed by atoms with E-state index in [2.05, 4.69) is 0 Å². The normalized spacial score (nSPS) is 17.7. The molecule has 3 nitrogen and oxygen atoms in total. The van der Waals surface area contributed by atoms with Gasteiger partial charge in [-0.25, -0.2) is 0 Å². The van der Waals surface area contributed by atoms with E-state index in [9.17, 15) is 9.90 Å². The lowest BCUT2D eigenvalue weighted by Gasteiger charge is -2.12. The molecule has 2 rings (SSSR count). The van der Waals surface area contributed by atoms with Crippen LogP contribution in [0.25, 0.3) is 0 Å². The Morgan fingerprint density at radius 1 is 1.43 bits per heavy atom. The van der Waals surface area contributed by atoms with Crippen molar-refractivity contribution in [3.05, 3.63) is 29.8 Å². The minimum atomic E-state index is -0.772. The number of phenolic OH excluding ortho intramolecular Hbond substituents is 1. The van der Waals surface area contributed by atoms with Crippen LogP contribution in [0.2, 0.25) is 0 Å². The van der Waals surface area contributed by atoms with Gasteiger partial charge in [-0.2, -0.15) is 0 Å². The summed E-state index contributed by atoms with van der Waals surface area (Å²) in [5.41, 5.74) is 0.741. The zero-order chi connectivity index (χ0) is 10.2. The lowest BCUT2D eigenvalue weighted by Crippen LogP contribution is -2.12. The van der Waals surface area contributed by atoms with Crippen molar-refractivity contribution in [1.82, 2.24) is 0 Å². The Labute approximate surface area is 82.0 Å². The highest BCUT2D eigenvalue weighted by Crippen LogP contribution is 2.51. The van der Waals surface area contributed by atoms with E-state index in [1.165, 1.54) is 0 Å². The van der Waals surface area contributed by atoms with Gasteiger partial charge < -0.3 is 10.2 Å². The van der Waals surface area contributed by atoms with E-state index >= 15 is 0 Å². The molecule has 1 aliphatic carbocycles. The minimum absolute atomic E-state index is 0.163. The van der Waals surface area contributed by atoms with Crippen molar-refractivity contribution in [2.24, 2.45) is 0 Å². The summed E-state index contributed by atoms with van der Waals surface area (Å²) in [6.45, 7) is 0. The smallest absolute Gasteiger partial charge is 0.304 e. The van der Waals surface area contributed by atoms with Crippen molar-refractivity contribution in [2.45, 2.75) is 24.7 Å². The Hall–Kier alpha value is -1.51. The largest absolute Gasteiger partial charge is 0.508 e. The number of rotatable bonds is 3. The molecule has 0 spiro atoms. The average Bonchev–Trinajstić information content (AvgIpc) is 2.84. The number of hydrogen-bond donors (Lipinski definition) is 2. The SMILES string of the molecule is O=C(O)CC1(c2cccc(O)c2)CC1. The molecular formula is C11H12O3. The molecule has 1 fully saturated rings. The van der Waals surface area contributed by atoms with Gasteiger partial charge in [0.05, 0.1) is 6.42 Å². The van der Waals surface area contributed by atoms with Crippen LogP contribution in [0.1, 0.15) is 24.8 Å². The van der Waals surface area contributed by atoms with Gasteiger partial charge in [-0.3, -0.25) is 4.79 Å². The Bertz CT molecular complexity index is 367. The van der Waals surface area contributed by atoms with Crippen LogP contribution in [-0.4, -0.2) is 16.2 Å². The minimum Gasteiger partial charge on any atom is -0.508 e. The summed E-state index contributed by atoms with van der Waals surface area (Å²) in [4.78, 5) is 10.7. The summed E-state index contributed by atoms with van der Waals surface area (Å²) in [5.74, 6) is -0.565. The first-order valence-corrected chi connectivity index (χ1v) is 4.64. The Morgan fingerprint density at radius 2 is 2.14 bits per heavy atom. The lowest BCUT2D eigenvalue weighted by molar-refractivity contribution is -0.137. The molecule has 1 aliphatic rings. The first-order valence-electron chi connectivity index (χ1n) is 4.64. The second-order valence-corrected chi connectivity index (χ2v) is 3.90. The number of phenols is 1. The van der Waals surface area contributed by atoms with Crippen LogP contribution < -0.4 is 0 Å². The number of carboxylic acid groups (broad SMARTS) is 1. The van der Waals surface area contributed by atoms with E-state index in [0.717, 1.165) is 18.4 Å². The summed E-state index contributed by atoms with van der Waals surface area (Å²) in [6.07, 6.45) is 1.97. The second-order valence-electron chi connectivity index (χ2n) is 3.90. The molecule has 0 unspecified atom stereocenters. The third-order valence-corrected chi connectivity index (χ3v) is 2.80. The van der Waals surface area contributed by atoms with Gasteiger partial charge in [-0.1, -0.05) is 12.1 Å². The van der Waals surface area contributed by atoms with Crippen LogP contribution in [0.5, 0.6) is 5.75 Å². The molecular weight excluding hydrogens is 180 g/mol. The van der Waals surface area contributed by atoms with Gasteiger partial charge >= 0.3 is 5.97 Å². The highest BCUT2D eigenvalue weighted by atomic mass is 16.4. The monoisotopic (exact) mass is 192 g/mol. The van der Waals surface area contributed by atoms with Gasteiger partial charge in [0, 0.05) is 5.41 Å². The van der Waals surface area contributed by atoms with Crippen molar-refractivity contribution < 1.29 is 15.0 Å². The number of aromatic hydroxyl groups is 1. The summed E-state index contributed by atoms with van der Waals surface area (Å²) < 4.78 is 0. The number of carboxylic acids is 1. The fraction of sp³-hybridized carbons (Fsp3) is 0.364. The van der Waals surface area contributed by atoms with E-state index in [0.29, 0.717) is 0 Å². The molecule has 0 atom stereocenters. The summed E-state index contributed by atoms with van der Waals surface area (Å²) in [7, 11) is 0. The maximum Gasteiger partial charge on any atom is 0.304 e.